The fourth-order valence-electron chi connectivity index (χ4n) is 3.57. The second kappa shape index (κ2) is 7.23. The molecule has 1 aromatic carbocycles. The third kappa shape index (κ3) is 3.66. The number of hydrogen-bond acceptors (Lipinski definition) is 4. The van der Waals surface area contributed by atoms with E-state index in [1.165, 1.54) is 11.8 Å². The molecule has 7 nitrogen and oxygen atoms in total. The van der Waals surface area contributed by atoms with Crippen molar-refractivity contribution in [1.29, 1.82) is 0 Å². The molecule has 0 aromatic heterocycles. The van der Waals surface area contributed by atoms with Gasteiger partial charge in [-0.2, -0.15) is 0 Å². The molecule has 0 saturated carbocycles. The summed E-state index contributed by atoms with van der Waals surface area (Å²) in [5.74, 6) is -1.27. The molecule has 7 heteroatoms. The maximum atomic E-state index is 12.8. The van der Waals surface area contributed by atoms with Crippen LogP contribution in [-0.4, -0.2) is 65.0 Å². The Morgan fingerprint density at radius 1 is 1.24 bits per heavy atom. The summed E-state index contributed by atoms with van der Waals surface area (Å²) in [5, 5.41) is 9.09. The van der Waals surface area contributed by atoms with Gasteiger partial charge >= 0.3 is 5.97 Å². The van der Waals surface area contributed by atoms with Crippen LogP contribution in [-0.2, 0) is 25.5 Å². The minimum Gasteiger partial charge on any atom is -0.479 e. The molecule has 0 radical (unpaired) electrons. The van der Waals surface area contributed by atoms with Crippen molar-refractivity contribution >= 4 is 17.8 Å². The quantitative estimate of drug-likeness (QED) is 0.876. The lowest BCUT2D eigenvalue weighted by atomic mass is 9.90. The molecule has 2 aliphatic heterocycles. The van der Waals surface area contributed by atoms with Gasteiger partial charge in [-0.25, -0.2) is 4.79 Å². The summed E-state index contributed by atoms with van der Waals surface area (Å²) in [6, 6.07) is 7.55. The zero-order valence-corrected chi connectivity index (χ0v) is 14.2. The largest absolute Gasteiger partial charge is 0.479 e. The standard InChI is InChI=1S/C18H22N2O5/c1-12(21)20-7-6-13-4-2-3-5-14(13)15(20)10-17(22)19-8-9-25-16(11-19)18(23)24/h2-5,15-16H,6-11H2,1H3,(H,23,24)/t15-,16-/m1/s1. The average Bonchev–Trinajstić information content (AvgIpc) is 2.61. The van der Waals surface area contributed by atoms with E-state index in [1.807, 2.05) is 24.3 Å². The Hall–Kier alpha value is -2.41. The first-order valence-corrected chi connectivity index (χ1v) is 8.44. The molecular weight excluding hydrogens is 324 g/mol. The molecule has 3 rings (SSSR count). The number of benzene rings is 1. The highest BCUT2D eigenvalue weighted by Crippen LogP contribution is 2.33. The Bertz CT molecular complexity index is 690. The number of carboxylic acids is 1. The lowest BCUT2D eigenvalue weighted by Gasteiger charge is -2.38. The molecule has 134 valence electrons. The van der Waals surface area contributed by atoms with Crippen molar-refractivity contribution in [3.63, 3.8) is 0 Å². The van der Waals surface area contributed by atoms with Crippen LogP contribution in [0.4, 0.5) is 0 Å². The highest BCUT2D eigenvalue weighted by atomic mass is 16.5. The highest BCUT2D eigenvalue weighted by Gasteiger charge is 2.34. The first kappa shape index (κ1) is 17.4. The lowest BCUT2D eigenvalue weighted by molar-refractivity contribution is -0.159. The average molecular weight is 346 g/mol. The number of ether oxygens (including phenoxy) is 1. The molecule has 0 spiro atoms. The number of carboxylic acid groups (broad SMARTS) is 1. The Morgan fingerprint density at radius 3 is 2.72 bits per heavy atom. The van der Waals surface area contributed by atoms with Crippen LogP contribution in [0.1, 0.15) is 30.5 Å². The van der Waals surface area contributed by atoms with E-state index in [-0.39, 0.29) is 37.4 Å². The third-order valence-corrected chi connectivity index (χ3v) is 4.88. The van der Waals surface area contributed by atoms with E-state index in [4.69, 9.17) is 9.84 Å². The van der Waals surface area contributed by atoms with E-state index in [0.29, 0.717) is 13.1 Å². The van der Waals surface area contributed by atoms with Gasteiger partial charge in [0.1, 0.15) is 0 Å². The molecule has 25 heavy (non-hydrogen) atoms. The van der Waals surface area contributed by atoms with Gasteiger partial charge < -0.3 is 19.6 Å². The molecule has 2 atom stereocenters. The number of rotatable bonds is 3. The van der Waals surface area contributed by atoms with Gasteiger partial charge in [0.05, 0.1) is 25.6 Å². The van der Waals surface area contributed by atoms with E-state index in [1.54, 1.807) is 4.90 Å². The van der Waals surface area contributed by atoms with Gasteiger partial charge in [0, 0.05) is 20.0 Å². The van der Waals surface area contributed by atoms with E-state index in [2.05, 4.69) is 0 Å². The Morgan fingerprint density at radius 2 is 2.00 bits per heavy atom. The molecule has 2 aliphatic rings. The SMILES string of the molecule is CC(=O)N1CCc2ccccc2[C@H]1CC(=O)N1CCO[C@@H](C(=O)O)C1. The van der Waals surface area contributed by atoms with Gasteiger partial charge in [-0.3, -0.25) is 9.59 Å². The van der Waals surface area contributed by atoms with Crippen LogP contribution in [0.3, 0.4) is 0 Å². The molecular formula is C18H22N2O5. The minimum absolute atomic E-state index is 0.0443. The maximum absolute atomic E-state index is 12.8. The van der Waals surface area contributed by atoms with Crippen LogP contribution in [0, 0.1) is 0 Å². The summed E-state index contributed by atoms with van der Waals surface area (Å²) < 4.78 is 5.17. The van der Waals surface area contributed by atoms with Crippen molar-refractivity contribution in [2.45, 2.75) is 31.9 Å². The highest BCUT2D eigenvalue weighted by molar-refractivity contribution is 5.81. The van der Waals surface area contributed by atoms with Crippen molar-refractivity contribution in [3.05, 3.63) is 35.4 Å². The summed E-state index contributed by atoms with van der Waals surface area (Å²) >= 11 is 0. The van der Waals surface area contributed by atoms with Gasteiger partial charge in [0.2, 0.25) is 11.8 Å². The predicted molar refractivity (Wildman–Crippen MR) is 88.8 cm³/mol. The number of amides is 2. The molecule has 1 aromatic rings. The topological polar surface area (TPSA) is 87.2 Å². The van der Waals surface area contributed by atoms with E-state index in [9.17, 15) is 14.4 Å². The number of carbonyl (C=O) groups is 3. The van der Waals surface area contributed by atoms with Crippen molar-refractivity contribution in [2.75, 3.05) is 26.2 Å². The number of aliphatic carboxylic acids is 1. The fraction of sp³-hybridized carbons (Fsp3) is 0.500. The number of hydrogen-bond donors (Lipinski definition) is 1. The zero-order valence-electron chi connectivity index (χ0n) is 14.2. The van der Waals surface area contributed by atoms with Crippen LogP contribution in [0.2, 0.25) is 0 Å². The molecule has 1 N–H and O–H groups in total. The summed E-state index contributed by atoms with van der Waals surface area (Å²) in [7, 11) is 0. The van der Waals surface area contributed by atoms with Crippen molar-refractivity contribution in [2.24, 2.45) is 0 Å². The summed E-state index contributed by atoms with van der Waals surface area (Å²) in [6.07, 6.45) is -0.0533. The summed E-state index contributed by atoms with van der Waals surface area (Å²) in [4.78, 5) is 39.1. The molecule has 1 saturated heterocycles. The van der Waals surface area contributed by atoms with Gasteiger partial charge in [-0.05, 0) is 17.5 Å². The van der Waals surface area contributed by atoms with Crippen LogP contribution in [0.25, 0.3) is 0 Å². The number of morpholine rings is 1. The molecule has 0 aliphatic carbocycles. The Labute approximate surface area is 146 Å². The lowest BCUT2D eigenvalue weighted by Crippen LogP contribution is -2.50. The molecule has 1 fully saturated rings. The van der Waals surface area contributed by atoms with E-state index < -0.39 is 12.1 Å². The first-order valence-electron chi connectivity index (χ1n) is 8.44. The summed E-state index contributed by atoms with van der Waals surface area (Å²) in [6.45, 7) is 2.73. The number of nitrogens with zero attached hydrogens (tertiary/aromatic N) is 2. The van der Waals surface area contributed by atoms with Gasteiger partial charge in [-0.15, -0.1) is 0 Å². The van der Waals surface area contributed by atoms with Gasteiger partial charge in [0.25, 0.3) is 0 Å². The smallest absolute Gasteiger partial charge is 0.334 e. The van der Waals surface area contributed by atoms with Crippen LogP contribution in [0.5, 0.6) is 0 Å². The summed E-state index contributed by atoms with van der Waals surface area (Å²) in [5.41, 5.74) is 2.16. The Kier molecular flexibility index (Phi) is 5.03. The maximum Gasteiger partial charge on any atom is 0.334 e. The Balaban J connectivity index is 1.78. The zero-order chi connectivity index (χ0) is 18.0. The molecule has 2 amide bonds. The second-order valence-electron chi connectivity index (χ2n) is 6.42. The second-order valence-corrected chi connectivity index (χ2v) is 6.42. The minimum atomic E-state index is -1.06. The third-order valence-electron chi connectivity index (χ3n) is 4.88. The normalized spacial score (nSPS) is 23.1. The van der Waals surface area contributed by atoms with Crippen LogP contribution in [0.15, 0.2) is 24.3 Å². The molecule has 0 bridgehead atoms. The van der Waals surface area contributed by atoms with Gasteiger partial charge in [-0.1, -0.05) is 24.3 Å². The van der Waals surface area contributed by atoms with Crippen LogP contribution < -0.4 is 0 Å². The molecule has 0 unspecified atom stereocenters. The van der Waals surface area contributed by atoms with E-state index in [0.717, 1.165) is 17.5 Å². The van der Waals surface area contributed by atoms with Crippen LogP contribution >= 0.6 is 0 Å². The first-order chi connectivity index (χ1) is 12.0. The van der Waals surface area contributed by atoms with Gasteiger partial charge in [0.15, 0.2) is 6.10 Å². The van der Waals surface area contributed by atoms with Crippen molar-refractivity contribution in [1.82, 2.24) is 9.80 Å². The number of fused-ring (bicyclic) bond motifs is 1. The molecule has 2 heterocycles. The van der Waals surface area contributed by atoms with E-state index >= 15 is 0 Å². The van der Waals surface area contributed by atoms with Crippen molar-refractivity contribution < 1.29 is 24.2 Å². The fourth-order valence-corrected chi connectivity index (χ4v) is 3.57. The van der Waals surface area contributed by atoms with Crippen molar-refractivity contribution in [3.8, 4) is 0 Å². The predicted octanol–water partition coefficient (Wildman–Crippen LogP) is 0.834. The monoisotopic (exact) mass is 346 g/mol. The number of carbonyl (C=O) groups excluding carboxylic acids is 2.